The van der Waals surface area contributed by atoms with Crippen LogP contribution in [0.4, 0.5) is 0 Å². The molecule has 3 aliphatic heterocycles. The molecule has 3 aromatic rings. The van der Waals surface area contributed by atoms with Crippen LogP contribution in [-0.4, -0.2) is 56.5 Å². The molecule has 174 valence electrons. The van der Waals surface area contributed by atoms with Crippen molar-refractivity contribution < 1.29 is 38.4 Å². The van der Waals surface area contributed by atoms with E-state index in [0.717, 1.165) is 18.2 Å². The molecule has 0 N–H and O–H groups in total. The number of benzene rings is 3. The molecule has 0 fully saturated rings. The number of imide groups is 3. The number of hydrogen-bond donors (Lipinski definition) is 0. The van der Waals surface area contributed by atoms with Gasteiger partial charge in [-0.05, 0) is 42.5 Å². The molecule has 0 saturated carbocycles. The Labute approximate surface area is 201 Å². The first-order valence-corrected chi connectivity index (χ1v) is 10.5. The minimum Gasteiger partial charge on any atom is -0.324 e. The lowest BCUT2D eigenvalue weighted by atomic mass is 10.1. The van der Waals surface area contributed by atoms with Gasteiger partial charge in [-0.25, -0.2) is 4.79 Å². The Hall–Kier alpha value is -5.45. The summed E-state index contributed by atoms with van der Waals surface area (Å²) in [6, 6.07) is 15.2. The summed E-state index contributed by atoms with van der Waals surface area (Å²) in [5.41, 5.74) is -0.408. The van der Waals surface area contributed by atoms with E-state index in [4.69, 9.17) is 4.84 Å². The second kappa shape index (κ2) is 7.27. The molecule has 0 atom stereocenters. The smallest absolute Gasteiger partial charge is 0.324 e. The number of rotatable bonds is 3. The first-order valence-electron chi connectivity index (χ1n) is 10.5. The molecule has 0 spiro atoms. The van der Waals surface area contributed by atoms with Crippen LogP contribution in [-0.2, 0) is 4.84 Å². The van der Waals surface area contributed by atoms with E-state index >= 15 is 0 Å². The van der Waals surface area contributed by atoms with Gasteiger partial charge in [0.05, 0.1) is 38.9 Å². The molecule has 6 amide bonds. The standard InChI is InChI=1S/C25H11N3O8/c29-19-13-5-1-2-6-14(13)20(30)26(19)27-21(31)17-10-9-12(11-18(17)22(27)32)25(35)36-28-23(33)15-7-3-4-8-16(15)24(28)34/h1-11H. The van der Waals surface area contributed by atoms with Crippen LogP contribution in [0.2, 0.25) is 0 Å². The zero-order valence-corrected chi connectivity index (χ0v) is 18.0. The lowest BCUT2D eigenvalue weighted by Crippen LogP contribution is -2.49. The topological polar surface area (TPSA) is 138 Å². The van der Waals surface area contributed by atoms with Crippen molar-refractivity contribution in [3.63, 3.8) is 0 Å². The summed E-state index contributed by atoms with van der Waals surface area (Å²) in [5, 5.41) is 1.21. The van der Waals surface area contributed by atoms with Crippen molar-refractivity contribution in [2.45, 2.75) is 0 Å². The van der Waals surface area contributed by atoms with Crippen LogP contribution in [0.1, 0.15) is 72.5 Å². The minimum absolute atomic E-state index is 0.0456. The average Bonchev–Trinajstić information content (AvgIpc) is 3.39. The highest BCUT2D eigenvalue weighted by Gasteiger charge is 2.49. The van der Waals surface area contributed by atoms with Gasteiger partial charge in [0.2, 0.25) is 0 Å². The van der Waals surface area contributed by atoms with Crippen molar-refractivity contribution in [1.82, 2.24) is 15.1 Å². The Bertz CT molecular complexity index is 1550. The summed E-state index contributed by atoms with van der Waals surface area (Å²) < 4.78 is 0. The predicted molar refractivity (Wildman–Crippen MR) is 116 cm³/mol. The summed E-state index contributed by atoms with van der Waals surface area (Å²) in [4.78, 5) is 94.2. The van der Waals surface area contributed by atoms with Crippen molar-refractivity contribution >= 4 is 41.4 Å². The summed E-state index contributed by atoms with van der Waals surface area (Å²) in [6.07, 6.45) is 0. The largest absolute Gasteiger partial charge is 0.363 e. The highest BCUT2D eigenvalue weighted by atomic mass is 16.7. The van der Waals surface area contributed by atoms with Gasteiger partial charge in [0.25, 0.3) is 35.4 Å². The highest BCUT2D eigenvalue weighted by Crippen LogP contribution is 2.32. The average molecular weight is 481 g/mol. The molecule has 36 heavy (non-hydrogen) atoms. The molecular weight excluding hydrogens is 470 g/mol. The molecule has 0 aliphatic carbocycles. The highest BCUT2D eigenvalue weighted by molar-refractivity contribution is 6.28. The van der Waals surface area contributed by atoms with Crippen LogP contribution < -0.4 is 0 Å². The molecule has 6 rings (SSSR count). The SMILES string of the molecule is O=C(ON1C(=O)c2ccccc2C1=O)c1ccc2c(c1)C(=O)N(N1C(=O)c3ccccc3C1=O)C2=O. The number of carbonyl (C=O) groups is 7. The first-order chi connectivity index (χ1) is 17.3. The second-order valence-electron chi connectivity index (χ2n) is 7.98. The van der Waals surface area contributed by atoms with Gasteiger partial charge in [-0.3, -0.25) is 28.8 Å². The number of nitrogens with zero attached hydrogens (tertiary/aromatic N) is 3. The van der Waals surface area contributed by atoms with Gasteiger partial charge >= 0.3 is 5.97 Å². The number of hydrogen-bond acceptors (Lipinski definition) is 8. The third-order valence-corrected chi connectivity index (χ3v) is 6.00. The lowest BCUT2D eigenvalue weighted by molar-refractivity contribution is -0.0584. The quantitative estimate of drug-likeness (QED) is 0.517. The van der Waals surface area contributed by atoms with E-state index in [1.54, 1.807) is 24.3 Å². The Balaban J connectivity index is 1.28. The van der Waals surface area contributed by atoms with Gasteiger partial charge in [-0.15, -0.1) is 0 Å². The molecule has 0 unspecified atom stereocenters. The summed E-state index contributed by atoms with van der Waals surface area (Å²) in [7, 11) is 0. The van der Waals surface area contributed by atoms with Gasteiger partial charge in [-0.1, -0.05) is 29.3 Å². The maximum absolute atomic E-state index is 13.1. The molecule has 0 aromatic heterocycles. The van der Waals surface area contributed by atoms with E-state index in [-0.39, 0.29) is 38.9 Å². The van der Waals surface area contributed by atoms with Crippen LogP contribution in [0, 0.1) is 0 Å². The summed E-state index contributed by atoms with van der Waals surface area (Å²) in [5.74, 6) is -6.39. The number of carbonyl (C=O) groups excluding carboxylic acids is 7. The maximum atomic E-state index is 13.1. The van der Waals surface area contributed by atoms with Gasteiger partial charge in [0.1, 0.15) is 0 Å². The zero-order valence-electron chi connectivity index (χ0n) is 18.0. The third kappa shape index (κ3) is 2.70. The van der Waals surface area contributed by atoms with Crippen LogP contribution in [0.3, 0.4) is 0 Å². The molecule has 0 bridgehead atoms. The molecular formula is C25H11N3O8. The number of hydroxylamine groups is 2. The van der Waals surface area contributed by atoms with Crippen molar-refractivity contribution in [3.05, 3.63) is 106 Å². The van der Waals surface area contributed by atoms with Crippen molar-refractivity contribution in [3.8, 4) is 0 Å². The van der Waals surface area contributed by atoms with E-state index in [1.807, 2.05) is 0 Å². The first kappa shape index (κ1) is 21.1. The fourth-order valence-corrected chi connectivity index (χ4v) is 4.28. The van der Waals surface area contributed by atoms with Crippen LogP contribution in [0.5, 0.6) is 0 Å². The van der Waals surface area contributed by atoms with Crippen LogP contribution >= 0.6 is 0 Å². The molecule has 0 saturated heterocycles. The Morgan fingerprint density at radius 1 is 0.500 bits per heavy atom. The molecule has 3 aliphatic rings. The predicted octanol–water partition coefficient (Wildman–Crippen LogP) is 1.86. The fourth-order valence-electron chi connectivity index (χ4n) is 4.28. The van der Waals surface area contributed by atoms with Gasteiger partial charge in [-0.2, -0.15) is 10.0 Å². The Kier molecular flexibility index (Phi) is 4.26. The summed E-state index contributed by atoms with van der Waals surface area (Å²) in [6.45, 7) is 0. The fraction of sp³-hybridized carbons (Fsp3) is 0. The van der Waals surface area contributed by atoms with E-state index in [9.17, 15) is 33.6 Å². The lowest BCUT2D eigenvalue weighted by Gasteiger charge is -2.23. The van der Waals surface area contributed by atoms with Crippen molar-refractivity contribution in [2.75, 3.05) is 0 Å². The monoisotopic (exact) mass is 481 g/mol. The zero-order chi connectivity index (χ0) is 25.3. The van der Waals surface area contributed by atoms with Gasteiger partial charge in [0.15, 0.2) is 0 Å². The maximum Gasteiger partial charge on any atom is 0.363 e. The van der Waals surface area contributed by atoms with E-state index in [0.29, 0.717) is 15.1 Å². The Morgan fingerprint density at radius 3 is 1.36 bits per heavy atom. The second-order valence-corrected chi connectivity index (χ2v) is 7.98. The summed E-state index contributed by atoms with van der Waals surface area (Å²) >= 11 is 0. The number of fused-ring (bicyclic) bond motifs is 3. The molecule has 3 aromatic carbocycles. The van der Waals surface area contributed by atoms with Crippen molar-refractivity contribution in [2.24, 2.45) is 0 Å². The molecule has 3 heterocycles. The Morgan fingerprint density at radius 2 is 0.889 bits per heavy atom. The number of amides is 6. The van der Waals surface area contributed by atoms with E-state index < -0.39 is 41.4 Å². The van der Waals surface area contributed by atoms with E-state index in [1.165, 1.54) is 24.3 Å². The van der Waals surface area contributed by atoms with Gasteiger partial charge in [0, 0.05) is 0 Å². The van der Waals surface area contributed by atoms with Crippen molar-refractivity contribution in [1.29, 1.82) is 0 Å². The van der Waals surface area contributed by atoms with Gasteiger partial charge < -0.3 is 4.84 Å². The molecule has 11 heteroatoms. The molecule has 11 nitrogen and oxygen atoms in total. The third-order valence-electron chi connectivity index (χ3n) is 6.00. The van der Waals surface area contributed by atoms with E-state index in [2.05, 4.69) is 0 Å². The van der Waals surface area contributed by atoms with Crippen LogP contribution in [0.15, 0.2) is 66.7 Å². The minimum atomic E-state index is -1.13. The normalized spacial score (nSPS) is 16.1. The molecule has 0 radical (unpaired) electrons. The number of hydrazine groups is 1. The van der Waals surface area contributed by atoms with Crippen LogP contribution in [0.25, 0.3) is 0 Å².